The number of nitrogens with two attached hydrogens (primary N) is 1. The molecule has 0 aliphatic carbocycles. The molecular weight excluding hydrogens is 312 g/mol. The van der Waals surface area contributed by atoms with E-state index in [0.29, 0.717) is 18.0 Å². The highest BCUT2D eigenvalue weighted by Crippen LogP contribution is 2.32. The average molecular weight is 334 g/mol. The molecule has 0 amide bonds. The van der Waals surface area contributed by atoms with Crippen molar-refractivity contribution in [3.05, 3.63) is 0 Å². The lowest BCUT2D eigenvalue weighted by Gasteiger charge is -2.26. The molecule has 21 heavy (non-hydrogen) atoms. The first-order chi connectivity index (χ1) is 10.0. The summed E-state index contributed by atoms with van der Waals surface area (Å²) in [6.45, 7) is 6.66. The molecule has 0 unspecified atom stereocenters. The zero-order valence-electron chi connectivity index (χ0n) is 12.2. The van der Waals surface area contributed by atoms with Gasteiger partial charge in [-0.05, 0) is 18.0 Å². The zero-order valence-corrected chi connectivity index (χ0v) is 13.8. The Kier molecular flexibility index (Phi) is 5.80. The minimum Gasteiger partial charge on any atom is -0.382 e. The molecular formula is C12H22N4O3S2. The average Bonchev–Trinajstić information content (AvgIpc) is 2.82. The monoisotopic (exact) mass is 334 g/mol. The standard InChI is InChI=1S/C12H22N4O3S2/c1-2-9-21(17,18)10-11(13)15-20-12(10)14-3-4-16-5-7-19-8-6-16/h14H,2-9H2,1H3,(H2,13,15). The van der Waals surface area contributed by atoms with Gasteiger partial charge in [0, 0.05) is 26.2 Å². The number of sulfone groups is 1. The van der Waals surface area contributed by atoms with Gasteiger partial charge in [-0.3, -0.25) is 4.90 Å². The van der Waals surface area contributed by atoms with Crippen LogP contribution in [0.2, 0.25) is 0 Å². The van der Waals surface area contributed by atoms with E-state index in [-0.39, 0.29) is 16.5 Å². The first-order valence-electron chi connectivity index (χ1n) is 7.06. The summed E-state index contributed by atoms with van der Waals surface area (Å²) in [5, 5.41) is 3.71. The first kappa shape index (κ1) is 16.5. The van der Waals surface area contributed by atoms with Crippen LogP contribution < -0.4 is 11.1 Å². The third kappa shape index (κ3) is 4.29. The molecule has 2 heterocycles. The van der Waals surface area contributed by atoms with Crippen molar-refractivity contribution >= 4 is 32.2 Å². The van der Waals surface area contributed by atoms with Gasteiger partial charge in [0.25, 0.3) is 0 Å². The Morgan fingerprint density at radius 3 is 2.81 bits per heavy atom. The Hall–Kier alpha value is -0.900. The molecule has 0 aromatic carbocycles. The predicted molar refractivity (Wildman–Crippen MR) is 84.6 cm³/mol. The predicted octanol–water partition coefficient (Wildman–Crippen LogP) is 0.653. The Morgan fingerprint density at radius 2 is 2.14 bits per heavy atom. The Bertz CT molecular complexity index is 553. The van der Waals surface area contributed by atoms with Crippen LogP contribution in [0.3, 0.4) is 0 Å². The third-order valence-corrected chi connectivity index (χ3v) is 6.20. The molecule has 1 fully saturated rings. The van der Waals surface area contributed by atoms with Gasteiger partial charge in [-0.15, -0.1) is 0 Å². The van der Waals surface area contributed by atoms with Crippen molar-refractivity contribution in [2.24, 2.45) is 0 Å². The van der Waals surface area contributed by atoms with E-state index in [1.54, 1.807) is 0 Å². The summed E-state index contributed by atoms with van der Waals surface area (Å²) in [5.41, 5.74) is 5.73. The van der Waals surface area contributed by atoms with Crippen LogP contribution in [0.15, 0.2) is 4.90 Å². The summed E-state index contributed by atoms with van der Waals surface area (Å²) < 4.78 is 33.7. The van der Waals surface area contributed by atoms with Gasteiger partial charge >= 0.3 is 0 Å². The highest BCUT2D eigenvalue weighted by atomic mass is 32.2. The van der Waals surface area contributed by atoms with Crippen LogP contribution in [0.5, 0.6) is 0 Å². The number of morpholine rings is 1. The number of anilines is 2. The van der Waals surface area contributed by atoms with Crippen molar-refractivity contribution in [2.75, 3.05) is 56.2 Å². The van der Waals surface area contributed by atoms with Gasteiger partial charge in [0.05, 0.1) is 19.0 Å². The maximum atomic E-state index is 12.2. The number of hydrogen-bond acceptors (Lipinski definition) is 8. The minimum absolute atomic E-state index is 0.0910. The second-order valence-corrected chi connectivity index (χ2v) is 7.75. The molecule has 120 valence electrons. The Labute approximate surface area is 129 Å². The van der Waals surface area contributed by atoms with Crippen molar-refractivity contribution in [1.29, 1.82) is 0 Å². The highest BCUT2D eigenvalue weighted by Gasteiger charge is 2.24. The number of nitrogen functional groups attached to an aromatic ring is 1. The largest absolute Gasteiger partial charge is 0.382 e. The van der Waals surface area contributed by atoms with Crippen molar-refractivity contribution in [3.63, 3.8) is 0 Å². The molecule has 9 heteroatoms. The fourth-order valence-corrected chi connectivity index (χ4v) is 4.88. The number of hydrogen-bond donors (Lipinski definition) is 2. The number of aromatic nitrogens is 1. The lowest BCUT2D eigenvalue weighted by atomic mass is 10.4. The summed E-state index contributed by atoms with van der Waals surface area (Å²) in [7, 11) is -3.36. The van der Waals surface area contributed by atoms with Gasteiger partial charge < -0.3 is 15.8 Å². The molecule has 0 spiro atoms. The molecule has 0 bridgehead atoms. The normalized spacial score (nSPS) is 17.0. The highest BCUT2D eigenvalue weighted by molar-refractivity contribution is 7.91. The SMILES string of the molecule is CCCS(=O)(=O)c1c(N)nsc1NCCN1CCOCC1. The van der Waals surface area contributed by atoms with Crippen LogP contribution >= 0.6 is 11.5 Å². The fraction of sp³-hybridized carbons (Fsp3) is 0.750. The van der Waals surface area contributed by atoms with E-state index in [9.17, 15) is 8.42 Å². The molecule has 1 aliphatic rings. The van der Waals surface area contributed by atoms with Crippen LogP contribution in [0.4, 0.5) is 10.8 Å². The summed E-state index contributed by atoms with van der Waals surface area (Å²) in [6.07, 6.45) is 0.560. The van der Waals surface area contributed by atoms with E-state index in [1.165, 1.54) is 0 Å². The van der Waals surface area contributed by atoms with Crippen LogP contribution in [0.25, 0.3) is 0 Å². The van der Waals surface area contributed by atoms with Crippen molar-refractivity contribution in [3.8, 4) is 0 Å². The summed E-state index contributed by atoms with van der Waals surface area (Å²) in [4.78, 5) is 2.44. The van der Waals surface area contributed by atoms with E-state index >= 15 is 0 Å². The van der Waals surface area contributed by atoms with E-state index in [4.69, 9.17) is 10.5 Å². The summed E-state index contributed by atoms with van der Waals surface area (Å²) in [5.74, 6) is 0.190. The molecule has 1 aromatic rings. The lowest BCUT2D eigenvalue weighted by molar-refractivity contribution is 0.0398. The molecule has 1 saturated heterocycles. The van der Waals surface area contributed by atoms with E-state index in [2.05, 4.69) is 14.6 Å². The van der Waals surface area contributed by atoms with Gasteiger partial charge in [0.2, 0.25) is 0 Å². The molecule has 0 atom stereocenters. The maximum absolute atomic E-state index is 12.2. The Balaban J connectivity index is 1.97. The van der Waals surface area contributed by atoms with Gasteiger partial charge in [-0.1, -0.05) is 6.92 Å². The van der Waals surface area contributed by atoms with Crippen LogP contribution in [-0.4, -0.2) is 62.8 Å². The molecule has 3 N–H and O–H groups in total. The van der Waals surface area contributed by atoms with E-state index in [0.717, 1.165) is 44.4 Å². The number of nitrogens with zero attached hydrogens (tertiary/aromatic N) is 2. The summed E-state index contributed by atoms with van der Waals surface area (Å²) >= 11 is 1.11. The molecule has 1 aliphatic heterocycles. The quantitative estimate of drug-likeness (QED) is 0.755. The second kappa shape index (κ2) is 7.39. The number of ether oxygens (including phenoxy) is 1. The first-order valence-corrected chi connectivity index (χ1v) is 9.49. The summed E-state index contributed by atoms with van der Waals surface area (Å²) in [6, 6.07) is 0. The van der Waals surface area contributed by atoms with Crippen molar-refractivity contribution < 1.29 is 13.2 Å². The topological polar surface area (TPSA) is 97.5 Å². The van der Waals surface area contributed by atoms with Crippen molar-refractivity contribution in [1.82, 2.24) is 9.27 Å². The maximum Gasteiger partial charge on any atom is 0.185 e. The minimum atomic E-state index is -3.36. The molecule has 1 aromatic heterocycles. The molecule has 2 rings (SSSR count). The fourth-order valence-electron chi connectivity index (χ4n) is 2.23. The number of rotatable bonds is 7. The lowest BCUT2D eigenvalue weighted by Crippen LogP contribution is -2.39. The Morgan fingerprint density at radius 1 is 1.43 bits per heavy atom. The van der Waals surface area contributed by atoms with Crippen LogP contribution in [-0.2, 0) is 14.6 Å². The third-order valence-electron chi connectivity index (χ3n) is 3.28. The van der Waals surface area contributed by atoms with Gasteiger partial charge in [0.1, 0.15) is 9.90 Å². The van der Waals surface area contributed by atoms with Crippen LogP contribution in [0, 0.1) is 0 Å². The van der Waals surface area contributed by atoms with Crippen molar-refractivity contribution in [2.45, 2.75) is 18.2 Å². The molecule has 0 radical (unpaired) electrons. The molecule has 0 saturated carbocycles. The second-order valence-electron chi connectivity index (χ2n) is 4.93. The van der Waals surface area contributed by atoms with Gasteiger partial charge in [-0.25, -0.2) is 8.42 Å². The van der Waals surface area contributed by atoms with E-state index in [1.807, 2.05) is 6.92 Å². The van der Waals surface area contributed by atoms with Gasteiger partial charge in [-0.2, -0.15) is 4.37 Å². The van der Waals surface area contributed by atoms with Crippen LogP contribution in [0.1, 0.15) is 13.3 Å². The number of nitrogens with one attached hydrogen (secondary N) is 1. The van der Waals surface area contributed by atoms with Gasteiger partial charge in [0.15, 0.2) is 15.7 Å². The van der Waals surface area contributed by atoms with E-state index < -0.39 is 9.84 Å². The zero-order chi connectivity index (χ0) is 15.3. The molecule has 7 nitrogen and oxygen atoms in total. The smallest absolute Gasteiger partial charge is 0.185 e.